The molecule has 14 heavy (non-hydrogen) atoms. The van der Waals surface area contributed by atoms with E-state index in [0.717, 1.165) is 5.69 Å². The van der Waals surface area contributed by atoms with E-state index in [0.29, 0.717) is 11.4 Å². The van der Waals surface area contributed by atoms with Crippen molar-refractivity contribution in [1.29, 1.82) is 0 Å². The maximum Gasteiger partial charge on any atom is 0.207 e. The second kappa shape index (κ2) is 3.17. The van der Waals surface area contributed by atoms with Gasteiger partial charge in [0, 0.05) is 12.2 Å². The van der Waals surface area contributed by atoms with Crippen molar-refractivity contribution in [1.82, 2.24) is 14.9 Å². The number of hydrogen-bond acceptors (Lipinski definition) is 4. The predicted molar refractivity (Wildman–Crippen MR) is 52.5 cm³/mol. The summed E-state index contributed by atoms with van der Waals surface area (Å²) in [5.41, 5.74) is 7.09. The first kappa shape index (κ1) is 8.80. The van der Waals surface area contributed by atoms with Crippen molar-refractivity contribution in [2.24, 2.45) is 0 Å². The van der Waals surface area contributed by atoms with Crippen LogP contribution in [0.2, 0.25) is 0 Å². The van der Waals surface area contributed by atoms with Gasteiger partial charge in [-0.25, -0.2) is 0 Å². The Balaban J connectivity index is 2.52. The van der Waals surface area contributed by atoms with Crippen molar-refractivity contribution in [3.05, 3.63) is 18.5 Å². The zero-order valence-electron chi connectivity index (χ0n) is 8.14. The van der Waals surface area contributed by atoms with E-state index in [1.807, 2.05) is 24.6 Å². The summed E-state index contributed by atoms with van der Waals surface area (Å²) in [6.07, 6.45) is 3.21. The Hall–Kier alpha value is -1.78. The normalized spacial score (nSPS) is 11.1. The molecule has 5 heteroatoms. The smallest absolute Gasteiger partial charge is 0.207 e. The summed E-state index contributed by atoms with van der Waals surface area (Å²) in [7, 11) is 0. The summed E-state index contributed by atoms with van der Waals surface area (Å²) >= 11 is 0. The minimum absolute atomic E-state index is 0.268. The Morgan fingerprint density at radius 1 is 1.50 bits per heavy atom. The van der Waals surface area contributed by atoms with Crippen molar-refractivity contribution in [2.45, 2.75) is 19.9 Å². The molecule has 0 spiro atoms. The molecule has 0 aliphatic carbocycles. The standard InChI is InChI=1S/C9H12N4O/c1-6(2)13-8(3-4-11-13)9-7(10)5-12-14-9/h3-6H,10H2,1-2H3. The first-order valence-electron chi connectivity index (χ1n) is 4.44. The number of anilines is 1. The third-order valence-corrected chi connectivity index (χ3v) is 1.99. The fourth-order valence-electron chi connectivity index (χ4n) is 1.35. The van der Waals surface area contributed by atoms with E-state index in [1.54, 1.807) is 6.20 Å². The van der Waals surface area contributed by atoms with Gasteiger partial charge in [0.05, 0.1) is 6.20 Å². The molecule has 0 amide bonds. The lowest BCUT2D eigenvalue weighted by Crippen LogP contribution is -2.04. The molecule has 0 bridgehead atoms. The molecule has 2 heterocycles. The van der Waals surface area contributed by atoms with Gasteiger partial charge >= 0.3 is 0 Å². The third-order valence-electron chi connectivity index (χ3n) is 1.99. The van der Waals surface area contributed by atoms with Crippen LogP contribution in [0.1, 0.15) is 19.9 Å². The van der Waals surface area contributed by atoms with E-state index in [-0.39, 0.29) is 6.04 Å². The molecule has 0 aliphatic rings. The van der Waals surface area contributed by atoms with E-state index in [1.165, 1.54) is 6.20 Å². The topological polar surface area (TPSA) is 69.9 Å². The highest BCUT2D eigenvalue weighted by molar-refractivity contribution is 5.66. The number of rotatable bonds is 2. The maximum absolute atomic E-state index is 5.70. The van der Waals surface area contributed by atoms with Crippen LogP contribution >= 0.6 is 0 Å². The number of hydrogen-bond donors (Lipinski definition) is 1. The molecule has 2 N–H and O–H groups in total. The van der Waals surface area contributed by atoms with Gasteiger partial charge in [-0.15, -0.1) is 0 Å². The van der Waals surface area contributed by atoms with E-state index in [2.05, 4.69) is 10.3 Å². The van der Waals surface area contributed by atoms with Gasteiger partial charge in [0.25, 0.3) is 0 Å². The predicted octanol–water partition coefficient (Wildman–Crippen LogP) is 1.70. The van der Waals surface area contributed by atoms with Crippen LogP contribution in [0, 0.1) is 0 Å². The van der Waals surface area contributed by atoms with Crippen LogP contribution in [0.15, 0.2) is 23.0 Å². The Labute approximate surface area is 81.5 Å². The number of nitrogens with zero attached hydrogens (tertiary/aromatic N) is 3. The summed E-state index contributed by atoms with van der Waals surface area (Å²) in [4.78, 5) is 0. The van der Waals surface area contributed by atoms with Gasteiger partial charge < -0.3 is 10.3 Å². The first-order valence-corrected chi connectivity index (χ1v) is 4.44. The highest BCUT2D eigenvalue weighted by Crippen LogP contribution is 2.26. The molecule has 0 unspecified atom stereocenters. The Kier molecular flexibility index (Phi) is 1.99. The summed E-state index contributed by atoms with van der Waals surface area (Å²) in [5, 5.41) is 7.82. The lowest BCUT2D eigenvalue weighted by Gasteiger charge is -2.08. The Morgan fingerprint density at radius 3 is 2.86 bits per heavy atom. The molecule has 0 atom stereocenters. The van der Waals surface area contributed by atoms with Gasteiger partial charge in [0.15, 0.2) is 0 Å². The molecule has 2 rings (SSSR count). The van der Waals surface area contributed by atoms with E-state index < -0.39 is 0 Å². The lowest BCUT2D eigenvalue weighted by molar-refractivity contribution is 0.424. The zero-order valence-corrected chi connectivity index (χ0v) is 8.14. The van der Waals surface area contributed by atoms with Crippen LogP contribution in [0.25, 0.3) is 11.5 Å². The first-order chi connectivity index (χ1) is 6.70. The van der Waals surface area contributed by atoms with Crippen molar-refractivity contribution in [3.63, 3.8) is 0 Å². The highest BCUT2D eigenvalue weighted by atomic mass is 16.5. The van der Waals surface area contributed by atoms with Crippen LogP contribution in [0.3, 0.4) is 0 Å². The molecule has 0 aromatic carbocycles. The van der Waals surface area contributed by atoms with Crippen LogP contribution in [0.4, 0.5) is 5.69 Å². The van der Waals surface area contributed by atoms with Crippen molar-refractivity contribution >= 4 is 5.69 Å². The number of aromatic nitrogens is 3. The molecule has 74 valence electrons. The average molecular weight is 192 g/mol. The van der Waals surface area contributed by atoms with Gasteiger partial charge in [-0.2, -0.15) is 5.10 Å². The van der Waals surface area contributed by atoms with Crippen LogP contribution in [-0.4, -0.2) is 14.9 Å². The summed E-state index contributed by atoms with van der Waals surface area (Å²) in [6, 6.07) is 2.13. The van der Waals surface area contributed by atoms with E-state index >= 15 is 0 Å². The summed E-state index contributed by atoms with van der Waals surface area (Å²) in [5.74, 6) is 0.580. The third kappa shape index (κ3) is 1.26. The quantitative estimate of drug-likeness (QED) is 0.786. The molecular weight excluding hydrogens is 180 g/mol. The molecule has 0 radical (unpaired) electrons. The van der Waals surface area contributed by atoms with Crippen molar-refractivity contribution in [2.75, 3.05) is 5.73 Å². The van der Waals surface area contributed by atoms with Gasteiger partial charge in [-0.1, -0.05) is 5.16 Å². The van der Waals surface area contributed by atoms with Crippen LogP contribution in [0.5, 0.6) is 0 Å². The Bertz CT molecular complexity index is 429. The molecule has 2 aromatic rings. The van der Waals surface area contributed by atoms with E-state index in [4.69, 9.17) is 10.3 Å². The molecule has 2 aromatic heterocycles. The highest BCUT2D eigenvalue weighted by Gasteiger charge is 2.14. The monoisotopic (exact) mass is 192 g/mol. The summed E-state index contributed by atoms with van der Waals surface area (Å²) in [6.45, 7) is 4.09. The van der Waals surface area contributed by atoms with E-state index in [9.17, 15) is 0 Å². The van der Waals surface area contributed by atoms with Gasteiger partial charge in [-0.05, 0) is 19.9 Å². The lowest BCUT2D eigenvalue weighted by atomic mass is 10.3. The van der Waals surface area contributed by atoms with Gasteiger partial charge in [0.2, 0.25) is 5.76 Å². The van der Waals surface area contributed by atoms with Crippen LogP contribution < -0.4 is 5.73 Å². The minimum Gasteiger partial charge on any atom is -0.394 e. The zero-order chi connectivity index (χ0) is 10.1. The van der Waals surface area contributed by atoms with Gasteiger partial charge in [0.1, 0.15) is 11.4 Å². The van der Waals surface area contributed by atoms with Crippen molar-refractivity contribution in [3.8, 4) is 11.5 Å². The van der Waals surface area contributed by atoms with Crippen LogP contribution in [-0.2, 0) is 0 Å². The van der Waals surface area contributed by atoms with Crippen molar-refractivity contribution < 1.29 is 4.52 Å². The molecule has 0 saturated heterocycles. The fourth-order valence-corrected chi connectivity index (χ4v) is 1.35. The average Bonchev–Trinajstić information content (AvgIpc) is 2.70. The molecule has 0 aliphatic heterocycles. The largest absolute Gasteiger partial charge is 0.394 e. The molecule has 0 saturated carbocycles. The fraction of sp³-hybridized carbons (Fsp3) is 0.333. The maximum atomic E-state index is 5.70. The molecular formula is C9H12N4O. The summed E-state index contributed by atoms with van der Waals surface area (Å²) < 4.78 is 6.91. The number of nitrogens with two attached hydrogens (primary N) is 1. The Morgan fingerprint density at radius 2 is 2.29 bits per heavy atom. The molecule has 5 nitrogen and oxygen atoms in total. The number of nitrogen functional groups attached to an aromatic ring is 1. The minimum atomic E-state index is 0.268. The second-order valence-corrected chi connectivity index (χ2v) is 3.37. The SMILES string of the molecule is CC(C)n1nccc1-c1oncc1N. The van der Waals surface area contributed by atoms with Gasteiger partial charge in [-0.3, -0.25) is 4.68 Å². The second-order valence-electron chi connectivity index (χ2n) is 3.37. The molecule has 0 fully saturated rings.